The fourth-order valence-corrected chi connectivity index (χ4v) is 3.48. The van der Waals surface area contributed by atoms with Gasteiger partial charge in [0.2, 0.25) is 0 Å². The molecule has 0 amide bonds. The van der Waals surface area contributed by atoms with Gasteiger partial charge in [-0.15, -0.1) is 0 Å². The van der Waals surface area contributed by atoms with Crippen LogP contribution in [0.1, 0.15) is 23.6 Å². The van der Waals surface area contributed by atoms with Crippen LogP contribution in [0.4, 0.5) is 0 Å². The highest BCUT2D eigenvalue weighted by molar-refractivity contribution is 7.90. The minimum absolute atomic E-state index is 0.213. The second kappa shape index (κ2) is 6.24. The predicted molar refractivity (Wildman–Crippen MR) is 82.4 cm³/mol. The van der Waals surface area contributed by atoms with Gasteiger partial charge in [-0.1, -0.05) is 24.3 Å². The van der Waals surface area contributed by atoms with Crippen LogP contribution in [-0.2, 0) is 16.3 Å². The monoisotopic (exact) mass is 296 g/mol. The van der Waals surface area contributed by atoms with Crippen molar-refractivity contribution in [3.8, 4) is 0 Å². The Labute approximate surface area is 121 Å². The Morgan fingerprint density at radius 2 is 1.95 bits per heavy atom. The molecule has 1 fully saturated rings. The van der Waals surface area contributed by atoms with E-state index in [4.69, 9.17) is 5.73 Å². The molecule has 0 bridgehead atoms. The molecular weight excluding hydrogens is 272 g/mol. The highest BCUT2D eigenvalue weighted by atomic mass is 32.2. The second-order valence-corrected chi connectivity index (χ2v) is 8.17. The topological polar surface area (TPSA) is 63.4 Å². The fourth-order valence-electron chi connectivity index (χ4n) is 2.88. The molecule has 0 aliphatic carbocycles. The molecule has 20 heavy (non-hydrogen) atoms. The molecule has 2 unspecified atom stereocenters. The smallest absolute Gasteiger partial charge is 0.147 e. The van der Waals surface area contributed by atoms with Gasteiger partial charge in [-0.25, -0.2) is 8.42 Å². The molecule has 0 spiro atoms. The molecule has 1 heterocycles. The highest BCUT2D eigenvalue weighted by Crippen LogP contribution is 2.33. The molecular formula is C15H24N2O2S. The van der Waals surface area contributed by atoms with Crippen molar-refractivity contribution in [3.63, 3.8) is 0 Å². The molecule has 1 aliphatic heterocycles. The maximum Gasteiger partial charge on any atom is 0.147 e. The molecule has 1 aromatic carbocycles. The van der Waals surface area contributed by atoms with E-state index in [-0.39, 0.29) is 5.75 Å². The molecule has 2 rings (SSSR count). The van der Waals surface area contributed by atoms with Crippen LogP contribution >= 0.6 is 0 Å². The Balaban J connectivity index is 2.01. The predicted octanol–water partition coefficient (Wildman–Crippen LogP) is 1.23. The summed E-state index contributed by atoms with van der Waals surface area (Å²) in [5.74, 6) is 0.792. The van der Waals surface area contributed by atoms with Crippen molar-refractivity contribution in [1.82, 2.24) is 4.90 Å². The van der Waals surface area contributed by atoms with Crippen molar-refractivity contribution in [3.05, 3.63) is 35.4 Å². The van der Waals surface area contributed by atoms with Crippen molar-refractivity contribution in [1.29, 1.82) is 0 Å². The van der Waals surface area contributed by atoms with Crippen LogP contribution in [-0.4, -0.2) is 45.5 Å². The Hall–Kier alpha value is -0.910. The van der Waals surface area contributed by atoms with Crippen molar-refractivity contribution in [2.45, 2.75) is 18.9 Å². The summed E-state index contributed by atoms with van der Waals surface area (Å²) in [6.07, 6.45) is 2.97. The SMILES string of the molecule is CN1CC(CN)CC1c1ccc(CCS(C)(=O)=O)cc1. The number of likely N-dealkylation sites (tertiary alicyclic amines) is 1. The number of hydrogen-bond acceptors (Lipinski definition) is 4. The van der Waals surface area contributed by atoms with E-state index in [0.29, 0.717) is 18.4 Å². The lowest BCUT2D eigenvalue weighted by atomic mass is 9.98. The van der Waals surface area contributed by atoms with E-state index in [1.54, 1.807) is 0 Å². The molecule has 2 N–H and O–H groups in total. The number of nitrogens with zero attached hydrogens (tertiary/aromatic N) is 1. The molecule has 112 valence electrons. The van der Waals surface area contributed by atoms with Crippen LogP contribution in [0.15, 0.2) is 24.3 Å². The van der Waals surface area contributed by atoms with E-state index in [2.05, 4.69) is 24.1 Å². The number of nitrogens with two attached hydrogens (primary N) is 1. The zero-order valence-corrected chi connectivity index (χ0v) is 13.1. The van der Waals surface area contributed by atoms with Gasteiger partial charge in [0.1, 0.15) is 9.84 Å². The summed E-state index contributed by atoms with van der Waals surface area (Å²) in [5.41, 5.74) is 8.13. The molecule has 0 aromatic heterocycles. The third-order valence-corrected chi connectivity index (χ3v) is 5.04. The van der Waals surface area contributed by atoms with E-state index in [0.717, 1.165) is 25.1 Å². The highest BCUT2D eigenvalue weighted by Gasteiger charge is 2.29. The Kier molecular flexibility index (Phi) is 4.83. The van der Waals surface area contributed by atoms with Crippen molar-refractivity contribution in [2.75, 3.05) is 32.1 Å². The van der Waals surface area contributed by atoms with Gasteiger partial charge in [0.15, 0.2) is 0 Å². The Morgan fingerprint density at radius 3 is 2.45 bits per heavy atom. The number of rotatable bonds is 5. The quantitative estimate of drug-likeness (QED) is 0.887. The summed E-state index contributed by atoms with van der Waals surface area (Å²) in [7, 11) is -0.753. The average molecular weight is 296 g/mol. The summed E-state index contributed by atoms with van der Waals surface area (Å²) < 4.78 is 22.3. The van der Waals surface area contributed by atoms with Crippen LogP contribution < -0.4 is 5.73 Å². The summed E-state index contributed by atoms with van der Waals surface area (Å²) >= 11 is 0. The van der Waals surface area contributed by atoms with E-state index >= 15 is 0 Å². The summed E-state index contributed by atoms with van der Waals surface area (Å²) in [6.45, 7) is 1.80. The summed E-state index contributed by atoms with van der Waals surface area (Å²) in [6, 6.07) is 8.77. The van der Waals surface area contributed by atoms with Crippen molar-refractivity contribution in [2.24, 2.45) is 11.7 Å². The lowest BCUT2D eigenvalue weighted by molar-refractivity contribution is 0.313. The van der Waals surface area contributed by atoms with Gasteiger partial charge in [0.25, 0.3) is 0 Å². The van der Waals surface area contributed by atoms with E-state index in [1.807, 2.05) is 12.1 Å². The molecule has 5 heteroatoms. The lowest BCUT2D eigenvalue weighted by Gasteiger charge is -2.19. The van der Waals surface area contributed by atoms with Gasteiger partial charge in [0.05, 0.1) is 5.75 Å². The number of hydrogen-bond donors (Lipinski definition) is 1. The molecule has 1 saturated heterocycles. The number of aryl methyl sites for hydroxylation is 1. The van der Waals surface area contributed by atoms with Gasteiger partial charge in [-0.05, 0) is 43.5 Å². The van der Waals surface area contributed by atoms with Crippen LogP contribution in [0.3, 0.4) is 0 Å². The summed E-state index contributed by atoms with van der Waals surface area (Å²) in [5, 5.41) is 0. The van der Waals surface area contributed by atoms with Crippen LogP contribution in [0.2, 0.25) is 0 Å². The van der Waals surface area contributed by atoms with Gasteiger partial charge < -0.3 is 5.73 Å². The van der Waals surface area contributed by atoms with E-state index < -0.39 is 9.84 Å². The minimum atomic E-state index is -2.89. The van der Waals surface area contributed by atoms with Gasteiger partial charge in [0, 0.05) is 18.8 Å². The first kappa shape index (κ1) is 15.5. The maximum atomic E-state index is 11.2. The normalized spacial score (nSPS) is 24.1. The summed E-state index contributed by atoms with van der Waals surface area (Å²) in [4.78, 5) is 2.35. The van der Waals surface area contributed by atoms with Crippen LogP contribution in [0.5, 0.6) is 0 Å². The second-order valence-electron chi connectivity index (χ2n) is 5.91. The minimum Gasteiger partial charge on any atom is -0.330 e. The Bertz CT molecular complexity index is 539. The molecule has 2 atom stereocenters. The third kappa shape index (κ3) is 4.04. The Morgan fingerprint density at radius 1 is 1.30 bits per heavy atom. The molecule has 1 aliphatic rings. The molecule has 0 saturated carbocycles. The van der Waals surface area contributed by atoms with E-state index in [1.165, 1.54) is 11.8 Å². The third-order valence-electron chi connectivity index (χ3n) is 4.09. The first-order valence-corrected chi connectivity index (χ1v) is 9.12. The van der Waals surface area contributed by atoms with Crippen LogP contribution in [0.25, 0.3) is 0 Å². The van der Waals surface area contributed by atoms with Crippen LogP contribution in [0, 0.1) is 5.92 Å². The van der Waals surface area contributed by atoms with Crippen molar-refractivity contribution < 1.29 is 8.42 Å². The first-order chi connectivity index (χ1) is 9.39. The molecule has 1 aromatic rings. The van der Waals surface area contributed by atoms with Crippen molar-refractivity contribution >= 4 is 9.84 Å². The molecule has 0 radical (unpaired) electrons. The van der Waals surface area contributed by atoms with Gasteiger partial charge >= 0.3 is 0 Å². The number of sulfone groups is 1. The number of benzene rings is 1. The zero-order chi connectivity index (χ0) is 14.8. The van der Waals surface area contributed by atoms with Gasteiger partial charge in [-0.2, -0.15) is 0 Å². The lowest BCUT2D eigenvalue weighted by Crippen LogP contribution is -2.20. The standard InChI is InChI=1S/C15H24N2O2S/c1-17-11-13(10-16)9-15(17)14-5-3-12(4-6-14)7-8-20(2,18)19/h3-6,13,15H,7-11,16H2,1-2H3. The maximum absolute atomic E-state index is 11.2. The van der Waals surface area contributed by atoms with E-state index in [9.17, 15) is 8.42 Å². The first-order valence-electron chi connectivity index (χ1n) is 7.06. The molecule has 4 nitrogen and oxygen atoms in total. The average Bonchev–Trinajstić information content (AvgIpc) is 2.77. The fraction of sp³-hybridized carbons (Fsp3) is 0.600. The van der Waals surface area contributed by atoms with Gasteiger partial charge in [-0.3, -0.25) is 4.90 Å². The zero-order valence-electron chi connectivity index (χ0n) is 12.2. The largest absolute Gasteiger partial charge is 0.330 e.